The third-order valence-corrected chi connectivity index (χ3v) is 3.88. The number of fused-ring (bicyclic) bond motifs is 1. The van der Waals surface area contributed by atoms with Crippen molar-refractivity contribution >= 4 is 11.0 Å². The molecule has 0 aliphatic heterocycles. The Hall–Kier alpha value is -3.40. The first-order valence-corrected chi connectivity index (χ1v) is 7.45. The van der Waals surface area contributed by atoms with Crippen molar-refractivity contribution in [3.63, 3.8) is 0 Å². The molecule has 1 heterocycles. The van der Waals surface area contributed by atoms with E-state index in [9.17, 15) is 15.3 Å². The third-order valence-electron chi connectivity index (χ3n) is 3.88. The Morgan fingerprint density at radius 3 is 2.04 bits per heavy atom. The standard InChI is InChI=1S/C20H14O4/c21-16-3-1-2-12(7-16)13-4-5-19-14(6-13)10-20(24-19)15-8-17(22)11-18(23)9-15/h1-11,21-23H. The summed E-state index contributed by atoms with van der Waals surface area (Å²) in [7, 11) is 0. The highest BCUT2D eigenvalue weighted by Gasteiger charge is 2.10. The number of phenolic OH excluding ortho intramolecular Hbond substituents is 3. The molecule has 118 valence electrons. The van der Waals surface area contributed by atoms with Crippen LogP contribution in [0.3, 0.4) is 0 Å². The monoisotopic (exact) mass is 318 g/mol. The van der Waals surface area contributed by atoms with E-state index in [0.29, 0.717) is 16.9 Å². The van der Waals surface area contributed by atoms with Crippen LogP contribution in [-0.2, 0) is 0 Å². The zero-order valence-electron chi connectivity index (χ0n) is 12.6. The van der Waals surface area contributed by atoms with Crippen molar-refractivity contribution in [2.75, 3.05) is 0 Å². The molecule has 0 amide bonds. The lowest BCUT2D eigenvalue weighted by Crippen LogP contribution is -1.76. The van der Waals surface area contributed by atoms with Gasteiger partial charge in [0.25, 0.3) is 0 Å². The van der Waals surface area contributed by atoms with Crippen molar-refractivity contribution in [1.29, 1.82) is 0 Å². The van der Waals surface area contributed by atoms with Crippen LogP contribution >= 0.6 is 0 Å². The molecule has 0 atom stereocenters. The van der Waals surface area contributed by atoms with Gasteiger partial charge < -0.3 is 19.7 Å². The van der Waals surface area contributed by atoms with Crippen molar-refractivity contribution in [3.05, 3.63) is 66.7 Å². The largest absolute Gasteiger partial charge is 0.508 e. The second-order valence-corrected chi connectivity index (χ2v) is 5.65. The molecule has 4 rings (SSSR count). The SMILES string of the molecule is Oc1cccc(-c2ccc3oc(-c4cc(O)cc(O)c4)cc3c2)c1. The third kappa shape index (κ3) is 2.54. The molecule has 3 aromatic carbocycles. The van der Waals surface area contributed by atoms with Crippen LogP contribution in [0, 0.1) is 0 Å². The lowest BCUT2D eigenvalue weighted by atomic mass is 10.0. The van der Waals surface area contributed by atoms with Gasteiger partial charge in [-0.25, -0.2) is 0 Å². The number of hydrogen-bond acceptors (Lipinski definition) is 4. The second kappa shape index (κ2) is 5.35. The van der Waals surface area contributed by atoms with Crippen molar-refractivity contribution in [3.8, 4) is 39.7 Å². The molecule has 0 saturated heterocycles. The number of hydrogen-bond donors (Lipinski definition) is 3. The van der Waals surface area contributed by atoms with Crippen LogP contribution in [0.1, 0.15) is 0 Å². The maximum absolute atomic E-state index is 9.63. The molecule has 24 heavy (non-hydrogen) atoms. The van der Waals surface area contributed by atoms with E-state index in [1.54, 1.807) is 18.2 Å². The molecule has 4 heteroatoms. The van der Waals surface area contributed by atoms with Gasteiger partial charge in [0.2, 0.25) is 0 Å². The summed E-state index contributed by atoms with van der Waals surface area (Å²) < 4.78 is 5.81. The van der Waals surface area contributed by atoms with Crippen molar-refractivity contribution in [2.24, 2.45) is 0 Å². The van der Waals surface area contributed by atoms with Crippen molar-refractivity contribution < 1.29 is 19.7 Å². The minimum absolute atomic E-state index is 0.0223. The first kappa shape index (κ1) is 14.2. The summed E-state index contributed by atoms with van der Waals surface area (Å²) in [5.74, 6) is 0.733. The summed E-state index contributed by atoms with van der Waals surface area (Å²) in [6.07, 6.45) is 0. The first-order valence-electron chi connectivity index (χ1n) is 7.45. The summed E-state index contributed by atoms with van der Waals surface area (Å²) in [5, 5.41) is 29.8. The molecule has 1 aromatic heterocycles. The molecule has 0 radical (unpaired) electrons. The molecule has 3 N–H and O–H groups in total. The summed E-state index contributed by atoms with van der Waals surface area (Å²) >= 11 is 0. The van der Waals surface area contributed by atoms with E-state index in [1.165, 1.54) is 18.2 Å². The molecule has 0 fully saturated rings. The number of rotatable bonds is 2. The van der Waals surface area contributed by atoms with Crippen LogP contribution in [-0.4, -0.2) is 15.3 Å². The number of benzene rings is 3. The topological polar surface area (TPSA) is 73.8 Å². The van der Waals surface area contributed by atoms with Gasteiger partial charge in [0.15, 0.2) is 0 Å². The lowest BCUT2D eigenvalue weighted by Gasteiger charge is -2.02. The number of phenols is 3. The second-order valence-electron chi connectivity index (χ2n) is 5.65. The maximum Gasteiger partial charge on any atom is 0.135 e. The molecule has 0 bridgehead atoms. The van der Waals surface area contributed by atoms with E-state index in [-0.39, 0.29) is 17.2 Å². The van der Waals surface area contributed by atoms with Crippen molar-refractivity contribution in [1.82, 2.24) is 0 Å². The normalized spacial score (nSPS) is 11.0. The van der Waals surface area contributed by atoms with E-state index in [2.05, 4.69) is 0 Å². The number of furan rings is 1. The van der Waals surface area contributed by atoms with Gasteiger partial charge in [-0.3, -0.25) is 0 Å². The van der Waals surface area contributed by atoms with E-state index < -0.39 is 0 Å². The van der Waals surface area contributed by atoms with Crippen LogP contribution in [0.2, 0.25) is 0 Å². The Labute approximate surface area is 137 Å². The Morgan fingerprint density at radius 1 is 0.583 bits per heavy atom. The minimum atomic E-state index is -0.0223. The van der Waals surface area contributed by atoms with Gasteiger partial charge in [0.1, 0.15) is 28.6 Å². The van der Waals surface area contributed by atoms with Crippen LogP contribution in [0.5, 0.6) is 17.2 Å². The Kier molecular flexibility index (Phi) is 3.17. The maximum atomic E-state index is 9.63. The van der Waals surface area contributed by atoms with Crippen LogP contribution in [0.15, 0.2) is 71.1 Å². The highest BCUT2D eigenvalue weighted by Crippen LogP contribution is 2.34. The summed E-state index contributed by atoms with van der Waals surface area (Å²) in [4.78, 5) is 0. The predicted octanol–water partition coefficient (Wildman–Crippen LogP) is 4.88. The fourth-order valence-electron chi connectivity index (χ4n) is 2.79. The molecule has 0 unspecified atom stereocenters. The molecule has 0 aliphatic carbocycles. The highest BCUT2D eigenvalue weighted by molar-refractivity contribution is 5.87. The lowest BCUT2D eigenvalue weighted by molar-refractivity contribution is 0.450. The van der Waals surface area contributed by atoms with Gasteiger partial charge in [-0.1, -0.05) is 18.2 Å². The van der Waals surface area contributed by atoms with Gasteiger partial charge in [0, 0.05) is 17.0 Å². The number of aromatic hydroxyl groups is 3. The van der Waals surface area contributed by atoms with Crippen LogP contribution < -0.4 is 0 Å². The molecule has 4 nitrogen and oxygen atoms in total. The molecule has 0 aliphatic rings. The van der Waals surface area contributed by atoms with Crippen LogP contribution in [0.25, 0.3) is 33.4 Å². The summed E-state index contributed by atoms with van der Waals surface area (Å²) in [6.45, 7) is 0. The zero-order chi connectivity index (χ0) is 16.7. The van der Waals surface area contributed by atoms with Gasteiger partial charge in [-0.2, -0.15) is 0 Å². The van der Waals surface area contributed by atoms with Crippen LogP contribution in [0.4, 0.5) is 0 Å². The highest BCUT2D eigenvalue weighted by atomic mass is 16.3. The van der Waals surface area contributed by atoms with E-state index in [4.69, 9.17) is 4.42 Å². The minimum Gasteiger partial charge on any atom is -0.508 e. The predicted molar refractivity (Wildman–Crippen MR) is 92.1 cm³/mol. The quantitative estimate of drug-likeness (QED) is 0.492. The zero-order valence-corrected chi connectivity index (χ0v) is 12.6. The summed E-state index contributed by atoms with van der Waals surface area (Å²) in [5.41, 5.74) is 3.18. The van der Waals surface area contributed by atoms with Gasteiger partial charge in [0.05, 0.1) is 0 Å². The summed E-state index contributed by atoms with van der Waals surface area (Å²) in [6, 6.07) is 19.0. The van der Waals surface area contributed by atoms with E-state index in [0.717, 1.165) is 16.5 Å². The average Bonchev–Trinajstić information content (AvgIpc) is 2.97. The van der Waals surface area contributed by atoms with E-state index >= 15 is 0 Å². The van der Waals surface area contributed by atoms with Crippen molar-refractivity contribution in [2.45, 2.75) is 0 Å². The smallest absolute Gasteiger partial charge is 0.135 e. The first-order chi connectivity index (χ1) is 11.6. The molecular weight excluding hydrogens is 304 g/mol. The molecular formula is C20H14O4. The van der Waals surface area contributed by atoms with Gasteiger partial charge >= 0.3 is 0 Å². The van der Waals surface area contributed by atoms with E-state index in [1.807, 2.05) is 30.3 Å². The average molecular weight is 318 g/mol. The fraction of sp³-hybridized carbons (Fsp3) is 0. The van der Waals surface area contributed by atoms with Gasteiger partial charge in [-0.05, 0) is 53.6 Å². The Morgan fingerprint density at radius 2 is 1.29 bits per heavy atom. The Balaban J connectivity index is 1.81. The molecule has 0 spiro atoms. The molecule has 0 saturated carbocycles. The van der Waals surface area contributed by atoms with Gasteiger partial charge in [-0.15, -0.1) is 0 Å². The molecule has 4 aromatic rings. The Bertz CT molecular complexity index is 1030. The fourth-order valence-corrected chi connectivity index (χ4v) is 2.79.